The number of aryl methyl sites for hydroxylation is 2. The molecule has 156 valence electrons. The van der Waals surface area contributed by atoms with Crippen molar-refractivity contribution >= 4 is 5.91 Å². The van der Waals surface area contributed by atoms with E-state index in [-0.39, 0.29) is 23.6 Å². The Morgan fingerprint density at radius 2 is 2.04 bits per heavy atom. The highest BCUT2D eigenvalue weighted by molar-refractivity contribution is 5.77. The van der Waals surface area contributed by atoms with Gasteiger partial charge in [-0.2, -0.15) is 5.10 Å². The van der Waals surface area contributed by atoms with Crippen molar-refractivity contribution in [2.75, 3.05) is 32.8 Å². The van der Waals surface area contributed by atoms with Gasteiger partial charge in [-0.05, 0) is 39.0 Å². The van der Waals surface area contributed by atoms with E-state index in [1.54, 1.807) is 0 Å². The van der Waals surface area contributed by atoms with Crippen molar-refractivity contribution in [1.82, 2.24) is 24.6 Å². The smallest absolute Gasteiger partial charge is 0.225 e. The van der Waals surface area contributed by atoms with Crippen molar-refractivity contribution in [1.29, 1.82) is 0 Å². The van der Waals surface area contributed by atoms with Crippen LogP contribution in [0.3, 0.4) is 0 Å². The molecule has 3 fully saturated rings. The van der Waals surface area contributed by atoms with E-state index in [4.69, 9.17) is 4.74 Å². The zero-order chi connectivity index (χ0) is 19.9. The monoisotopic (exact) mass is 389 g/mol. The van der Waals surface area contributed by atoms with Crippen LogP contribution in [0.15, 0.2) is 0 Å². The van der Waals surface area contributed by atoms with Gasteiger partial charge in [-0.3, -0.25) is 9.69 Å². The van der Waals surface area contributed by atoms with E-state index in [9.17, 15) is 4.79 Å². The number of morpholine rings is 1. The summed E-state index contributed by atoms with van der Waals surface area (Å²) in [5.41, 5.74) is 0.257. The van der Waals surface area contributed by atoms with E-state index in [0.717, 1.165) is 44.4 Å². The summed E-state index contributed by atoms with van der Waals surface area (Å²) in [6, 6.07) is 0.262. The fourth-order valence-corrected chi connectivity index (χ4v) is 4.82. The second-order valence-electron chi connectivity index (χ2n) is 9.24. The van der Waals surface area contributed by atoms with Gasteiger partial charge in [-0.1, -0.05) is 20.3 Å². The number of nitrogens with zero attached hydrogens (tertiary/aromatic N) is 5. The van der Waals surface area contributed by atoms with Crippen LogP contribution in [-0.4, -0.2) is 74.9 Å². The van der Waals surface area contributed by atoms with Crippen molar-refractivity contribution in [3.63, 3.8) is 0 Å². The van der Waals surface area contributed by atoms with E-state index >= 15 is 0 Å². The van der Waals surface area contributed by atoms with Crippen LogP contribution in [0.2, 0.25) is 0 Å². The summed E-state index contributed by atoms with van der Waals surface area (Å²) in [6.45, 7) is 12.8. The highest BCUT2D eigenvalue weighted by Gasteiger charge is 2.47. The molecule has 7 nitrogen and oxygen atoms in total. The largest absolute Gasteiger partial charge is 0.374 e. The van der Waals surface area contributed by atoms with E-state index in [0.29, 0.717) is 12.3 Å². The molecule has 7 heteroatoms. The molecule has 3 heterocycles. The highest BCUT2D eigenvalue weighted by atomic mass is 16.5. The first-order valence-electron chi connectivity index (χ1n) is 10.9. The fourth-order valence-electron chi connectivity index (χ4n) is 4.82. The second-order valence-corrected chi connectivity index (χ2v) is 9.24. The van der Waals surface area contributed by atoms with Crippen LogP contribution in [0.5, 0.6) is 0 Å². The number of amides is 1. The minimum absolute atomic E-state index is 0.0252. The highest BCUT2D eigenvalue weighted by Crippen LogP contribution is 2.41. The molecule has 4 rings (SSSR count). The molecule has 0 bridgehead atoms. The summed E-state index contributed by atoms with van der Waals surface area (Å²) in [7, 11) is 0. The van der Waals surface area contributed by atoms with E-state index < -0.39 is 0 Å². The third-order valence-corrected chi connectivity index (χ3v) is 7.07. The van der Waals surface area contributed by atoms with E-state index in [2.05, 4.69) is 28.8 Å². The van der Waals surface area contributed by atoms with Gasteiger partial charge in [-0.15, -0.1) is 0 Å². The first-order chi connectivity index (χ1) is 13.4. The quantitative estimate of drug-likeness (QED) is 0.747. The number of rotatable bonds is 6. The Bertz CT molecular complexity index is 708. The third kappa shape index (κ3) is 3.71. The van der Waals surface area contributed by atoms with Crippen molar-refractivity contribution in [2.24, 2.45) is 5.92 Å². The minimum Gasteiger partial charge on any atom is -0.374 e. The molecule has 0 aromatic carbocycles. The lowest BCUT2D eigenvalue weighted by Gasteiger charge is -2.55. The van der Waals surface area contributed by atoms with E-state index in [1.807, 2.05) is 23.4 Å². The van der Waals surface area contributed by atoms with Gasteiger partial charge in [0.1, 0.15) is 11.6 Å². The molecule has 1 spiro atoms. The summed E-state index contributed by atoms with van der Waals surface area (Å²) >= 11 is 0. The number of ether oxygens (including phenoxy) is 1. The average Bonchev–Trinajstić information content (AvgIpc) is 2.90. The first-order valence-corrected chi connectivity index (χ1v) is 10.9. The maximum absolute atomic E-state index is 12.8. The second kappa shape index (κ2) is 7.75. The normalized spacial score (nSPS) is 26.1. The number of carbonyl (C=O) groups excluding carboxylic acids is 1. The van der Waals surface area contributed by atoms with Gasteiger partial charge in [-0.25, -0.2) is 9.67 Å². The van der Waals surface area contributed by atoms with Gasteiger partial charge in [0.05, 0.1) is 25.2 Å². The van der Waals surface area contributed by atoms with Crippen molar-refractivity contribution in [3.05, 3.63) is 11.6 Å². The fraction of sp³-hybridized carbons (Fsp3) is 0.857. The van der Waals surface area contributed by atoms with Gasteiger partial charge >= 0.3 is 0 Å². The lowest BCUT2D eigenvalue weighted by molar-refractivity contribution is -0.160. The molecular weight excluding hydrogens is 354 g/mol. The van der Waals surface area contributed by atoms with Gasteiger partial charge in [0.2, 0.25) is 5.91 Å². The van der Waals surface area contributed by atoms with Crippen LogP contribution >= 0.6 is 0 Å². The Labute approximate surface area is 168 Å². The molecule has 28 heavy (non-hydrogen) atoms. The molecule has 1 saturated carbocycles. The van der Waals surface area contributed by atoms with Crippen molar-refractivity contribution in [3.8, 4) is 0 Å². The molecule has 3 aliphatic rings. The van der Waals surface area contributed by atoms with Crippen LogP contribution in [0, 0.1) is 19.8 Å². The van der Waals surface area contributed by atoms with Gasteiger partial charge in [0.15, 0.2) is 0 Å². The van der Waals surface area contributed by atoms with Crippen molar-refractivity contribution < 1.29 is 9.53 Å². The van der Waals surface area contributed by atoms with E-state index in [1.165, 1.54) is 25.7 Å². The summed E-state index contributed by atoms with van der Waals surface area (Å²) < 4.78 is 8.15. The lowest BCUT2D eigenvalue weighted by atomic mass is 9.74. The molecule has 1 aromatic heterocycles. The van der Waals surface area contributed by atoms with Gasteiger partial charge in [0.25, 0.3) is 0 Å². The Morgan fingerprint density at radius 3 is 2.61 bits per heavy atom. The standard InChI is InChI=1S/C21H35N5O2/c1-5-15(2)10-25-13-19(28-14-21(25)7-6-8-21)9-20(27)24-11-18(12-24)26-17(4)22-16(3)23-26/h15,18-19H,5-14H2,1-4H3. The Morgan fingerprint density at radius 1 is 1.29 bits per heavy atom. The lowest BCUT2D eigenvalue weighted by Crippen LogP contribution is -2.64. The number of aromatic nitrogens is 3. The molecule has 0 radical (unpaired) electrons. The van der Waals surface area contributed by atoms with Crippen LogP contribution in [0.25, 0.3) is 0 Å². The van der Waals surface area contributed by atoms with Crippen LogP contribution in [-0.2, 0) is 9.53 Å². The summed E-state index contributed by atoms with van der Waals surface area (Å²) in [5.74, 6) is 2.63. The number of hydrogen-bond acceptors (Lipinski definition) is 5. The SMILES string of the molecule is CCC(C)CN1CC(CC(=O)N2CC(n3nc(C)nc3C)C2)OCC12CCC2. The molecule has 0 N–H and O–H groups in total. The van der Waals surface area contributed by atoms with Gasteiger partial charge in [0, 0.05) is 31.7 Å². The zero-order valence-electron chi connectivity index (χ0n) is 17.9. The predicted octanol–water partition coefficient (Wildman–Crippen LogP) is 2.34. The molecule has 2 aliphatic heterocycles. The summed E-state index contributed by atoms with van der Waals surface area (Å²) in [4.78, 5) is 21.7. The Kier molecular flexibility index (Phi) is 5.49. The molecule has 2 unspecified atom stereocenters. The van der Waals surface area contributed by atoms with Crippen LogP contribution in [0.4, 0.5) is 0 Å². The topological polar surface area (TPSA) is 63.5 Å². The van der Waals surface area contributed by atoms with Crippen LogP contribution < -0.4 is 0 Å². The van der Waals surface area contributed by atoms with Crippen molar-refractivity contribution in [2.45, 2.75) is 77.5 Å². The Balaban J connectivity index is 1.29. The zero-order valence-corrected chi connectivity index (χ0v) is 17.9. The summed E-state index contributed by atoms with van der Waals surface area (Å²) in [5, 5.41) is 4.46. The number of carbonyl (C=O) groups is 1. The molecule has 1 aromatic rings. The molecule has 2 saturated heterocycles. The maximum Gasteiger partial charge on any atom is 0.225 e. The first kappa shape index (κ1) is 19.8. The molecule has 1 aliphatic carbocycles. The maximum atomic E-state index is 12.8. The average molecular weight is 390 g/mol. The Hall–Kier alpha value is -1.47. The summed E-state index contributed by atoms with van der Waals surface area (Å²) in [6.07, 6.45) is 5.52. The number of hydrogen-bond donors (Lipinski definition) is 0. The van der Waals surface area contributed by atoms with Crippen LogP contribution in [0.1, 0.15) is 63.6 Å². The molecule has 1 amide bonds. The third-order valence-electron chi connectivity index (χ3n) is 7.07. The molecular formula is C21H35N5O2. The minimum atomic E-state index is 0.0252. The van der Waals surface area contributed by atoms with Gasteiger partial charge < -0.3 is 9.64 Å². The molecule has 2 atom stereocenters. The predicted molar refractivity (Wildman–Crippen MR) is 107 cm³/mol. The number of likely N-dealkylation sites (tertiary alicyclic amines) is 1.